The zero-order chi connectivity index (χ0) is 13.5. The third-order valence-corrected chi connectivity index (χ3v) is 3.12. The van der Waals surface area contributed by atoms with Gasteiger partial charge in [-0.3, -0.25) is 4.79 Å². The molecular formula is C14H22N2O2. The van der Waals surface area contributed by atoms with Crippen LogP contribution in [-0.4, -0.2) is 23.7 Å². The number of aliphatic hydroxyl groups excluding tert-OH is 1. The lowest BCUT2D eigenvalue weighted by Crippen LogP contribution is -2.39. The second-order valence-corrected chi connectivity index (χ2v) is 4.53. The Morgan fingerprint density at radius 3 is 2.56 bits per heavy atom. The molecule has 0 heterocycles. The van der Waals surface area contributed by atoms with E-state index >= 15 is 0 Å². The van der Waals surface area contributed by atoms with Crippen LogP contribution in [-0.2, 0) is 4.79 Å². The predicted molar refractivity (Wildman–Crippen MR) is 71.8 cm³/mol. The fourth-order valence-electron chi connectivity index (χ4n) is 1.65. The van der Waals surface area contributed by atoms with E-state index in [1.165, 1.54) is 0 Å². The van der Waals surface area contributed by atoms with Crippen LogP contribution in [0.2, 0.25) is 0 Å². The van der Waals surface area contributed by atoms with Crippen molar-refractivity contribution in [2.75, 3.05) is 6.54 Å². The molecule has 1 aromatic rings. The second-order valence-electron chi connectivity index (χ2n) is 4.53. The van der Waals surface area contributed by atoms with E-state index in [1.54, 1.807) is 6.92 Å². The Morgan fingerprint density at radius 2 is 2.00 bits per heavy atom. The molecule has 3 atom stereocenters. The maximum atomic E-state index is 11.9. The third-order valence-electron chi connectivity index (χ3n) is 3.12. The van der Waals surface area contributed by atoms with Crippen LogP contribution >= 0.6 is 0 Å². The highest BCUT2D eigenvalue weighted by molar-refractivity contribution is 5.79. The summed E-state index contributed by atoms with van der Waals surface area (Å²) >= 11 is 0. The minimum absolute atomic E-state index is 0.126. The van der Waals surface area contributed by atoms with Crippen molar-refractivity contribution in [2.45, 2.75) is 32.4 Å². The molecule has 4 heteroatoms. The quantitative estimate of drug-likeness (QED) is 0.710. The lowest BCUT2D eigenvalue weighted by Gasteiger charge is -2.20. The summed E-state index contributed by atoms with van der Waals surface area (Å²) in [5.41, 5.74) is 7.00. The smallest absolute Gasteiger partial charge is 0.224 e. The molecule has 0 bridgehead atoms. The third kappa shape index (κ3) is 4.13. The summed E-state index contributed by atoms with van der Waals surface area (Å²) in [6.45, 7) is 3.95. The van der Waals surface area contributed by atoms with Gasteiger partial charge in [0.15, 0.2) is 0 Å². The monoisotopic (exact) mass is 250 g/mol. The van der Waals surface area contributed by atoms with Gasteiger partial charge in [-0.2, -0.15) is 0 Å². The number of hydrogen-bond acceptors (Lipinski definition) is 3. The van der Waals surface area contributed by atoms with Gasteiger partial charge in [-0.15, -0.1) is 0 Å². The summed E-state index contributed by atoms with van der Waals surface area (Å²) in [7, 11) is 0. The van der Waals surface area contributed by atoms with Crippen molar-refractivity contribution in [1.29, 1.82) is 0 Å². The molecule has 0 radical (unpaired) electrons. The maximum absolute atomic E-state index is 11.9. The average Bonchev–Trinajstić information content (AvgIpc) is 2.43. The predicted octanol–water partition coefficient (Wildman–Crippen LogP) is 1.21. The molecule has 1 aromatic carbocycles. The van der Waals surface area contributed by atoms with Crippen molar-refractivity contribution in [3.05, 3.63) is 35.9 Å². The van der Waals surface area contributed by atoms with Crippen molar-refractivity contribution < 1.29 is 9.90 Å². The van der Waals surface area contributed by atoms with Gasteiger partial charge in [-0.05, 0) is 12.0 Å². The zero-order valence-corrected chi connectivity index (χ0v) is 11.0. The van der Waals surface area contributed by atoms with Crippen LogP contribution in [0.3, 0.4) is 0 Å². The van der Waals surface area contributed by atoms with Gasteiger partial charge >= 0.3 is 0 Å². The zero-order valence-electron chi connectivity index (χ0n) is 11.0. The molecule has 1 rings (SSSR count). The first-order valence-corrected chi connectivity index (χ1v) is 6.32. The van der Waals surface area contributed by atoms with Crippen LogP contribution in [0.25, 0.3) is 0 Å². The largest absolute Gasteiger partial charge is 0.391 e. The number of aliphatic hydroxyl groups is 1. The lowest BCUT2D eigenvalue weighted by molar-refractivity contribution is -0.125. The Hall–Kier alpha value is -1.39. The molecule has 4 N–H and O–H groups in total. The van der Waals surface area contributed by atoms with Gasteiger partial charge < -0.3 is 16.2 Å². The average molecular weight is 250 g/mol. The molecule has 0 fully saturated rings. The van der Waals surface area contributed by atoms with Crippen molar-refractivity contribution in [3.63, 3.8) is 0 Å². The van der Waals surface area contributed by atoms with Crippen LogP contribution in [0, 0.1) is 5.92 Å². The summed E-state index contributed by atoms with van der Waals surface area (Å²) in [5.74, 6) is -0.449. The second kappa shape index (κ2) is 7.13. The molecule has 0 aliphatic heterocycles. The molecule has 0 aliphatic carbocycles. The van der Waals surface area contributed by atoms with Crippen LogP contribution in [0.5, 0.6) is 0 Å². The number of benzene rings is 1. The van der Waals surface area contributed by atoms with Gasteiger partial charge in [0, 0.05) is 12.6 Å². The highest BCUT2D eigenvalue weighted by Crippen LogP contribution is 2.18. The normalized spacial score (nSPS) is 15.8. The minimum atomic E-state index is -0.492. The van der Waals surface area contributed by atoms with E-state index in [0.717, 1.165) is 5.56 Å². The molecule has 0 saturated carbocycles. The number of hydrogen-bond donors (Lipinski definition) is 3. The van der Waals surface area contributed by atoms with Crippen molar-refractivity contribution in [1.82, 2.24) is 5.32 Å². The van der Waals surface area contributed by atoms with Crippen LogP contribution in [0.4, 0.5) is 0 Å². The Morgan fingerprint density at radius 1 is 1.39 bits per heavy atom. The fourth-order valence-corrected chi connectivity index (χ4v) is 1.65. The highest BCUT2D eigenvalue weighted by Gasteiger charge is 2.22. The number of nitrogens with one attached hydrogen (secondary N) is 1. The molecule has 0 aromatic heterocycles. The minimum Gasteiger partial charge on any atom is -0.391 e. The van der Waals surface area contributed by atoms with Gasteiger partial charge in [0.1, 0.15) is 0 Å². The van der Waals surface area contributed by atoms with Crippen molar-refractivity contribution >= 4 is 5.91 Å². The SMILES string of the molecule is CCC(O)CNC(=O)C(C)C(N)c1ccccc1. The topological polar surface area (TPSA) is 75.3 Å². The first-order chi connectivity index (χ1) is 8.56. The van der Waals surface area contributed by atoms with Gasteiger partial charge in [-0.1, -0.05) is 44.2 Å². The van der Waals surface area contributed by atoms with Crippen molar-refractivity contribution in [2.24, 2.45) is 11.7 Å². The van der Waals surface area contributed by atoms with E-state index in [9.17, 15) is 9.90 Å². The molecule has 0 saturated heterocycles. The van der Waals surface area contributed by atoms with E-state index in [4.69, 9.17) is 5.73 Å². The molecule has 100 valence electrons. The van der Waals surface area contributed by atoms with Crippen LogP contribution in [0.1, 0.15) is 31.9 Å². The van der Waals surface area contributed by atoms with Crippen LogP contribution in [0.15, 0.2) is 30.3 Å². The Kier molecular flexibility index (Phi) is 5.82. The molecule has 1 amide bonds. The number of carbonyl (C=O) groups excluding carboxylic acids is 1. The highest BCUT2D eigenvalue weighted by atomic mass is 16.3. The summed E-state index contributed by atoms with van der Waals surface area (Å²) in [5, 5.41) is 12.1. The van der Waals surface area contributed by atoms with Gasteiger partial charge in [0.25, 0.3) is 0 Å². The maximum Gasteiger partial charge on any atom is 0.224 e. The Labute approximate surface area is 108 Å². The van der Waals surface area contributed by atoms with Gasteiger partial charge in [-0.25, -0.2) is 0 Å². The first kappa shape index (κ1) is 14.7. The van der Waals surface area contributed by atoms with Crippen molar-refractivity contribution in [3.8, 4) is 0 Å². The summed E-state index contributed by atoms with van der Waals surface area (Å²) in [6, 6.07) is 9.22. The number of nitrogens with two attached hydrogens (primary N) is 1. The van der Waals surface area contributed by atoms with E-state index in [1.807, 2.05) is 37.3 Å². The molecule has 3 unspecified atom stereocenters. The molecule has 0 aliphatic rings. The van der Waals surface area contributed by atoms with Gasteiger partial charge in [0.05, 0.1) is 12.0 Å². The Bertz CT molecular complexity index is 367. The van der Waals surface area contributed by atoms with Crippen LogP contribution < -0.4 is 11.1 Å². The van der Waals surface area contributed by atoms with E-state index in [-0.39, 0.29) is 24.4 Å². The molecule has 18 heavy (non-hydrogen) atoms. The fraction of sp³-hybridized carbons (Fsp3) is 0.500. The molecular weight excluding hydrogens is 228 g/mol. The molecule has 4 nitrogen and oxygen atoms in total. The number of rotatable bonds is 6. The first-order valence-electron chi connectivity index (χ1n) is 6.32. The number of carbonyl (C=O) groups is 1. The van der Waals surface area contributed by atoms with E-state index < -0.39 is 6.10 Å². The van der Waals surface area contributed by atoms with Gasteiger partial charge in [0.2, 0.25) is 5.91 Å². The van der Waals surface area contributed by atoms with E-state index in [2.05, 4.69) is 5.32 Å². The summed E-state index contributed by atoms with van der Waals surface area (Å²) < 4.78 is 0. The number of amides is 1. The summed E-state index contributed by atoms with van der Waals surface area (Å²) in [6.07, 6.45) is 0.133. The molecule has 0 spiro atoms. The lowest BCUT2D eigenvalue weighted by atomic mass is 9.94. The summed E-state index contributed by atoms with van der Waals surface area (Å²) in [4.78, 5) is 11.9. The van der Waals surface area contributed by atoms with E-state index in [0.29, 0.717) is 6.42 Å². The Balaban J connectivity index is 2.53. The standard InChI is InChI=1S/C14H22N2O2/c1-3-12(17)9-16-14(18)10(2)13(15)11-7-5-4-6-8-11/h4-8,10,12-13,17H,3,9,15H2,1-2H3,(H,16,18).